The van der Waals surface area contributed by atoms with Crippen molar-refractivity contribution in [2.24, 2.45) is 11.8 Å². The minimum absolute atomic E-state index is 0.243. The van der Waals surface area contributed by atoms with Gasteiger partial charge in [0.25, 0.3) is 0 Å². The second-order valence-electron chi connectivity index (χ2n) is 2.08. The molecule has 0 radical (unpaired) electrons. The predicted molar refractivity (Wildman–Crippen MR) is 51.5 cm³/mol. The molecular weight excluding hydrogens is 144 g/mol. The molecule has 2 atom stereocenters. The van der Waals surface area contributed by atoms with E-state index < -0.39 is 0 Å². The van der Waals surface area contributed by atoms with Crippen LogP contribution in [-0.4, -0.2) is 0 Å². The summed E-state index contributed by atoms with van der Waals surface area (Å²) < 4.78 is 0. The number of hydrogen-bond acceptors (Lipinski definition) is 0. The van der Waals surface area contributed by atoms with Gasteiger partial charge in [-0.2, -0.15) is 0 Å². The van der Waals surface area contributed by atoms with Gasteiger partial charge in [-0.15, -0.1) is 24.7 Å². The van der Waals surface area contributed by atoms with Gasteiger partial charge < -0.3 is 0 Å². The maximum Gasteiger partial charge on any atom is 0.106 e. The van der Waals surface area contributed by atoms with Crippen molar-refractivity contribution in [2.45, 2.75) is 13.8 Å². The molecule has 0 aromatic heterocycles. The number of terminal acetylenes is 2. The van der Waals surface area contributed by atoms with Crippen molar-refractivity contribution in [3.63, 3.8) is 0 Å². The fraction of sp³-hybridized carbons (Fsp3) is 0.333. The smallest absolute Gasteiger partial charge is 0.106 e. The molecule has 0 aromatic carbocycles. The molecule has 0 aliphatic heterocycles. The van der Waals surface area contributed by atoms with Gasteiger partial charge in [-0.3, -0.25) is 0 Å². The zero-order chi connectivity index (χ0) is 9.40. The van der Waals surface area contributed by atoms with Crippen LogP contribution in [0.4, 0.5) is 0 Å². The van der Waals surface area contributed by atoms with Crippen LogP contribution in [0.3, 0.4) is 0 Å². The van der Waals surface area contributed by atoms with E-state index in [-0.39, 0.29) is 11.8 Å². The molecule has 0 saturated heterocycles. The lowest BCUT2D eigenvalue weighted by atomic mass is 9.95. The molecule has 58 valence electrons. The first-order valence-electron chi connectivity index (χ1n) is 3.57. The van der Waals surface area contributed by atoms with Gasteiger partial charge in [0, 0.05) is 0 Å². The van der Waals surface area contributed by atoms with E-state index in [0.29, 0.717) is 0 Å². The summed E-state index contributed by atoms with van der Waals surface area (Å²) in [5.41, 5.74) is 0. The summed E-state index contributed by atoms with van der Waals surface area (Å²) >= 11 is 0. The van der Waals surface area contributed by atoms with E-state index in [1.165, 1.54) is 0 Å². The van der Waals surface area contributed by atoms with Gasteiger partial charge in [-0.25, -0.2) is 0 Å². The van der Waals surface area contributed by atoms with Crippen molar-refractivity contribution >= 4 is 0 Å². The van der Waals surface area contributed by atoms with Crippen molar-refractivity contribution in [1.29, 1.82) is 0 Å². The van der Waals surface area contributed by atoms with Crippen LogP contribution in [0, 0.1) is 60.2 Å². The summed E-state index contributed by atoms with van der Waals surface area (Å²) in [5, 5.41) is 0. The van der Waals surface area contributed by atoms with E-state index in [0.717, 1.165) is 0 Å². The van der Waals surface area contributed by atoms with Crippen LogP contribution in [-0.2, 0) is 0 Å². The van der Waals surface area contributed by atoms with Crippen LogP contribution in [0.1, 0.15) is 13.8 Å². The summed E-state index contributed by atoms with van der Waals surface area (Å²) in [7, 11) is 0. The van der Waals surface area contributed by atoms with Crippen LogP contribution in [0.25, 0.3) is 0 Å². The molecule has 0 nitrogen and oxygen atoms in total. The largest absolute Gasteiger partial charge is 0.119 e. The summed E-state index contributed by atoms with van der Waals surface area (Å²) in [4.78, 5) is 0. The zero-order valence-corrected chi connectivity index (χ0v) is 7.31. The molecule has 0 amide bonds. The standard InChI is InChI=1S/C12H10/c1-5-9-11(7-3)12(8-4)10-6-2/h3-4,11-12H,1-2H3. The van der Waals surface area contributed by atoms with E-state index >= 15 is 0 Å². The predicted octanol–water partition coefficient (Wildman–Crippen LogP) is 1.53. The Bertz CT molecular complexity index is 289. The van der Waals surface area contributed by atoms with Gasteiger partial charge in [0.2, 0.25) is 0 Å². The highest BCUT2D eigenvalue weighted by Gasteiger charge is 2.10. The molecule has 0 N–H and O–H groups in total. The van der Waals surface area contributed by atoms with Crippen LogP contribution in [0.5, 0.6) is 0 Å². The van der Waals surface area contributed by atoms with E-state index in [1.807, 2.05) is 0 Å². The molecule has 0 spiro atoms. The molecular formula is C12H10. The first kappa shape index (κ1) is 10.2. The second-order valence-corrected chi connectivity index (χ2v) is 2.08. The maximum atomic E-state index is 5.25. The molecule has 12 heavy (non-hydrogen) atoms. The van der Waals surface area contributed by atoms with Gasteiger partial charge in [0.1, 0.15) is 11.8 Å². The van der Waals surface area contributed by atoms with E-state index in [4.69, 9.17) is 12.8 Å². The van der Waals surface area contributed by atoms with Gasteiger partial charge >= 0.3 is 0 Å². The van der Waals surface area contributed by atoms with E-state index in [2.05, 4.69) is 35.5 Å². The Hall–Kier alpha value is -1.76. The third kappa shape index (κ3) is 2.88. The fourth-order valence-electron chi connectivity index (χ4n) is 0.753. The molecule has 0 aliphatic carbocycles. The number of rotatable bonds is 1. The van der Waals surface area contributed by atoms with Crippen molar-refractivity contribution in [1.82, 2.24) is 0 Å². The lowest BCUT2D eigenvalue weighted by molar-refractivity contribution is 0.768. The average Bonchev–Trinajstić information content (AvgIpc) is 2.11. The molecule has 0 bridgehead atoms. The Kier molecular flexibility index (Phi) is 5.11. The first-order chi connectivity index (χ1) is 5.79. The monoisotopic (exact) mass is 154 g/mol. The molecule has 0 fully saturated rings. The Balaban J connectivity index is 4.65. The fourth-order valence-corrected chi connectivity index (χ4v) is 0.753. The summed E-state index contributed by atoms with van der Waals surface area (Å²) in [6.07, 6.45) is 10.5. The van der Waals surface area contributed by atoms with Crippen LogP contribution in [0.2, 0.25) is 0 Å². The van der Waals surface area contributed by atoms with E-state index in [1.54, 1.807) is 13.8 Å². The zero-order valence-electron chi connectivity index (χ0n) is 7.31. The van der Waals surface area contributed by atoms with Gasteiger partial charge in [-0.05, 0) is 13.8 Å². The minimum atomic E-state index is -0.243. The normalized spacial score (nSPS) is 11.7. The molecule has 0 saturated carbocycles. The molecule has 2 unspecified atom stereocenters. The quantitative estimate of drug-likeness (QED) is 0.502. The second kappa shape index (κ2) is 5.98. The Morgan fingerprint density at radius 2 is 1.17 bits per heavy atom. The topological polar surface area (TPSA) is 0 Å². The van der Waals surface area contributed by atoms with E-state index in [9.17, 15) is 0 Å². The van der Waals surface area contributed by atoms with Crippen LogP contribution < -0.4 is 0 Å². The third-order valence-electron chi connectivity index (χ3n) is 1.29. The Labute approximate surface area is 74.8 Å². The van der Waals surface area contributed by atoms with Crippen molar-refractivity contribution in [3.05, 3.63) is 0 Å². The van der Waals surface area contributed by atoms with Crippen molar-refractivity contribution in [2.75, 3.05) is 0 Å². The Morgan fingerprint density at radius 1 is 0.833 bits per heavy atom. The van der Waals surface area contributed by atoms with Gasteiger partial charge in [-0.1, -0.05) is 23.7 Å². The minimum Gasteiger partial charge on any atom is -0.119 e. The molecule has 0 aromatic rings. The third-order valence-corrected chi connectivity index (χ3v) is 1.29. The SMILES string of the molecule is C#CC(C#CC)C(C#C)C#CC. The van der Waals surface area contributed by atoms with Crippen molar-refractivity contribution < 1.29 is 0 Å². The molecule has 0 heterocycles. The molecule has 0 aliphatic rings. The van der Waals surface area contributed by atoms with Gasteiger partial charge in [0.05, 0.1) is 0 Å². The molecule has 0 rings (SSSR count). The van der Waals surface area contributed by atoms with Crippen LogP contribution >= 0.6 is 0 Å². The number of hydrogen-bond donors (Lipinski definition) is 0. The highest BCUT2D eigenvalue weighted by atomic mass is 14.1. The maximum absolute atomic E-state index is 5.25. The lowest BCUT2D eigenvalue weighted by Gasteiger charge is -2.04. The lowest BCUT2D eigenvalue weighted by Crippen LogP contribution is -2.06. The summed E-state index contributed by atoms with van der Waals surface area (Å²) in [6.45, 7) is 3.47. The van der Waals surface area contributed by atoms with Gasteiger partial charge in [0.15, 0.2) is 0 Å². The summed E-state index contributed by atoms with van der Waals surface area (Å²) in [6, 6.07) is 0. The van der Waals surface area contributed by atoms with Crippen molar-refractivity contribution in [3.8, 4) is 48.4 Å². The average molecular weight is 154 g/mol. The first-order valence-corrected chi connectivity index (χ1v) is 3.57. The van der Waals surface area contributed by atoms with Crippen LogP contribution in [0.15, 0.2) is 0 Å². The highest BCUT2D eigenvalue weighted by molar-refractivity contribution is 5.27. The highest BCUT2D eigenvalue weighted by Crippen LogP contribution is 2.07. The molecule has 0 heteroatoms. The summed E-state index contributed by atoms with van der Waals surface area (Å²) in [5.74, 6) is 15.7. The Morgan fingerprint density at radius 3 is 1.33 bits per heavy atom.